The fraction of sp³-hybridized carbons (Fsp3) is 0.231. The van der Waals surface area contributed by atoms with E-state index in [2.05, 4.69) is 9.72 Å². The Morgan fingerprint density at radius 3 is 2.68 bits per heavy atom. The van der Waals surface area contributed by atoms with Gasteiger partial charge in [-0.05, 0) is 24.6 Å². The highest BCUT2D eigenvalue weighted by molar-refractivity contribution is 6.30. The Bertz CT molecular complexity index is 661. The zero-order valence-corrected chi connectivity index (χ0v) is 11.0. The van der Waals surface area contributed by atoms with E-state index in [1.807, 2.05) is 0 Å². The maximum absolute atomic E-state index is 13.7. The number of rotatable bonds is 2. The minimum atomic E-state index is -0.823. The van der Waals surface area contributed by atoms with E-state index in [-0.39, 0.29) is 16.1 Å². The topological polar surface area (TPSA) is 39.2 Å². The fourth-order valence-electron chi connectivity index (χ4n) is 1.91. The van der Waals surface area contributed by atoms with Crippen molar-refractivity contribution in [2.45, 2.75) is 12.8 Å². The molecule has 1 aromatic heterocycles. The van der Waals surface area contributed by atoms with Gasteiger partial charge < -0.3 is 4.74 Å². The Morgan fingerprint density at radius 1 is 1.37 bits per heavy atom. The van der Waals surface area contributed by atoms with Crippen molar-refractivity contribution in [3.05, 3.63) is 40.6 Å². The number of benzene rings is 1. The van der Waals surface area contributed by atoms with Crippen LogP contribution in [-0.2, 0) is 9.53 Å². The van der Waals surface area contributed by atoms with Gasteiger partial charge in [0.05, 0.1) is 13.0 Å². The fourth-order valence-corrected chi connectivity index (χ4v) is 2.11. The molecule has 2 aromatic rings. The van der Waals surface area contributed by atoms with Crippen molar-refractivity contribution in [3.63, 3.8) is 0 Å². The lowest BCUT2D eigenvalue weighted by atomic mass is 9.97. The van der Waals surface area contributed by atoms with Crippen LogP contribution in [0.15, 0.2) is 18.2 Å². The van der Waals surface area contributed by atoms with Gasteiger partial charge in [0.15, 0.2) is 5.82 Å². The molecule has 0 bridgehead atoms. The molecule has 0 aliphatic heterocycles. The molecule has 1 atom stereocenters. The monoisotopic (exact) mass is 285 g/mol. The molecular formula is C13H10ClF2NO2. The van der Waals surface area contributed by atoms with Crippen molar-refractivity contribution in [1.29, 1.82) is 0 Å². The number of hydrogen-bond acceptors (Lipinski definition) is 3. The van der Waals surface area contributed by atoms with Gasteiger partial charge in [0.2, 0.25) is 0 Å². The summed E-state index contributed by atoms with van der Waals surface area (Å²) in [6, 6.07) is 3.25. The lowest BCUT2D eigenvalue weighted by Crippen LogP contribution is -2.11. The summed E-state index contributed by atoms with van der Waals surface area (Å²) in [5.74, 6) is -2.79. The number of nitrogens with zero attached hydrogens (tertiary/aromatic N) is 1. The Morgan fingerprint density at radius 2 is 2.05 bits per heavy atom. The van der Waals surface area contributed by atoms with Crippen LogP contribution in [0.3, 0.4) is 0 Å². The molecule has 0 spiro atoms. The molecule has 0 saturated carbocycles. The van der Waals surface area contributed by atoms with Crippen molar-refractivity contribution in [2.75, 3.05) is 7.11 Å². The zero-order chi connectivity index (χ0) is 14.2. The Labute approximate surface area is 113 Å². The number of methoxy groups -OCH3 is 1. The molecule has 1 heterocycles. The summed E-state index contributed by atoms with van der Waals surface area (Å²) in [7, 11) is 1.24. The summed E-state index contributed by atoms with van der Waals surface area (Å²) >= 11 is 5.80. The van der Waals surface area contributed by atoms with Crippen molar-refractivity contribution in [1.82, 2.24) is 4.98 Å². The van der Waals surface area contributed by atoms with E-state index in [4.69, 9.17) is 11.6 Å². The molecule has 1 unspecified atom stereocenters. The second kappa shape index (κ2) is 5.09. The second-order valence-electron chi connectivity index (χ2n) is 4.06. The van der Waals surface area contributed by atoms with Crippen molar-refractivity contribution in [3.8, 4) is 0 Å². The van der Waals surface area contributed by atoms with E-state index in [0.717, 1.165) is 12.1 Å². The first-order valence-corrected chi connectivity index (χ1v) is 5.85. The van der Waals surface area contributed by atoms with E-state index in [1.165, 1.54) is 13.2 Å². The number of aromatic nitrogens is 1. The average Bonchev–Trinajstić information content (AvgIpc) is 2.37. The van der Waals surface area contributed by atoms with Crippen LogP contribution in [0.5, 0.6) is 0 Å². The molecule has 0 aliphatic rings. The molecule has 19 heavy (non-hydrogen) atoms. The third kappa shape index (κ3) is 2.51. The normalized spacial score (nSPS) is 12.5. The molecule has 0 radical (unpaired) electrons. The van der Waals surface area contributed by atoms with Crippen LogP contribution in [0, 0.1) is 11.6 Å². The number of halogens is 3. The third-order valence-corrected chi connectivity index (χ3v) is 3.05. The van der Waals surface area contributed by atoms with Crippen molar-refractivity contribution < 1.29 is 18.3 Å². The van der Waals surface area contributed by atoms with E-state index >= 15 is 0 Å². The highest BCUT2D eigenvalue weighted by Crippen LogP contribution is 2.30. The molecule has 2 rings (SSSR count). The predicted octanol–water partition coefficient (Wildman–Crippen LogP) is 3.44. The minimum Gasteiger partial charge on any atom is -0.469 e. The number of pyridine rings is 1. The summed E-state index contributed by atoms with van der Waals surface area (Å²) < 4.78 is 31.6. The van der Waals surface area contributed by atoms with Crippen LogP contribution in [0.25, 0.3) is 10.9 Å². The zero-order valence-electron chi connectivity index (χ0n) is 10.2. The molecule has 6 heteroatoms. The summed E-state index contributed by atoms with van der Waals surface area (Å²) in [5.41, 5.74) is 0.305. The largest absolute Gasteiger partial charge is 0.469 e. The maximum atomic E-state index is 13.7. The van der Waals surface area contributed by atoms with Gasteiger partial charge in [-0.25, -0.2) is 13.8 Å². The van der Waals surface area contributed by atoms with Crippen LogP contribution in [0.2, 0.25) is 5.15 Å². The van der Waals surface area contributed by atoms with Crippen LogP contribution >= 0.6 is 11.6 Å². The number of carbonyl (C=O) groups is 1. The summed E-state index contributed by atoms with van der Waals surface area (Å²) in [6.07, 6.45) is 0. The highest BCUT2D eigenvalue weighted by Gasteiger charge is 2.21. The van der Waals surface area contributed by atoms with Gasteiger partial charge in [-0.15, -0.1) is 0 Å². The van der Waals surface area contributed by atoms with Crippen LogP contribution < -0.4 is 0 Å². The standard InChI is InChI=1S/C13H10ClF2NO2/c1-6(13(18)19-2)8-5-11(14)17-12-9(8)3-7(15)4-10(12)16/h3-6H,1-2H3. The number of hydrogen-bond donors (Lipinski definition) is 0. The summed E-state index contributed by atoms with van der Waals surface area (Å²) in [6.45, 7) is 1.57. The van der Waals surface area contributed by atoms with Crippen LogP contribution in [0.4, 0.5) is 8.78 Å². The van der Waals surface area contributed by atoms with Gasteiger partial charge in [0.1, 0.15) is 16.5 Å². The Kier molecular flexibility index (Phi) is 3.66. The molecule has 0 N–H and O–H groups in total. The Hall–Kier alpha value is -1.75. The summed E-state index contributed by atoms with van der Waals surface area (Å²) in [4.78, 5) is 15.4. The van der Waals surface area contributed by atoms with Gasteiger partial charge >= 0.3 is 5.97 Å². The quantitative estimate of drug-likeness (QED) is 0.627. The minimum absolute atomic E-state index is 0.0313. The molecule has 0 saturated heterocycles. The molecule has 0 amide bonds. The number of carbonyl (C=O) groups excluding carboxylic acids is 1. The number of esters is 1. The van der Waals surface area contributed by atoms with E-state index < -0.39 is 23.5 Å². The maximum Gasteiger partial charge on any atom is 0.312 e. The van der Waals surface area contributed by atoms with Gasteiger partial charge in [-0.1, -0.05) is 11.6 Å². The van der Waals surface area contributed by atoms with Crippen molar-refractivity contribution in [2.24, 2.45) is 0 Å². The SMILES string of the molecule is COC(=O)C(C)c1cc(Cl)nc2c(F)cc(F)cc12. The third-order valence-electron chi connectivity index (χ3n) is 2.85. The van der Waals surface area contributed by atoms with E-state index in [0.29, 0.717) is 5.56 Å². The highest BCUT2D eigenvalue weighted by atomic mass is 35.5. The molecule has 0 aliphatic carbocycles. The first-order valence-electron chi connectivity index (χ1n) is 5.47. The predicted molar refractivity (Wildman–Crippen MR) is 67.1 cm³/mol. The van der Waals surface area contributed by atoms with E-state index in [9.17, 15) is 13.6 Å². The van der Waals surface area contributed by atoms with Crippen molar-refractivity contribution >= 4 is 28.5 Å². The molecular weight excluding hydrogens is 276 g/mol. The lowest BCUT2D eigenvalue weighted by molar-refractivity contribution is -0.141. The second-order valence-corrected chi connectivity index (χ2v) is 4.45. The van der Waals surface area contributed by atoms with Gasteiger partial charge in [-0.3, -0.25) is 4.79 Å². The van der Waals surface area contributed by atoms with Gasteiger partial charge in [0.25, 0.3) is 0 Å². The summed E-state index contributed by atoms with van der Waals surface area (Å²) in [5, 5.41) is 0.239. The van der Waals surface area contributed by atoms with Crippen LogP contribution in [-0.4, -0.2) is 18.1 Å². The average molecular weight is 286 g/mol. The number of ether oxygens (including phenoxy) is 1. The Balaban J connectivity index is 2.76. The molecule has 100 valence electrons. The van der Waals surface area contributed by atoms with Crippen LogP contribution in [0.1, 0.15) is 18.4 Å². The van der Waals surface area contributed by atoms with E-state index in [1.54, 1.807) is 6.92 Å². The van der Waals surface area contributed by atoms with Gasteiger partial charge in [-0.2, -0.15) is 0 Å². The van der Waals surface area contributed by atoms with Gasteiger partial charge in [0, 0.05) is 11.5 Å². The molecule has 1 aromatic carbocycles. The smallest absolute Gasteiger partial charge is 0.312 e. The first kappa shape index (κ1) is 13.7. The lowest BCUT2D eigenvalue weighted by Gasteiger charge is -2.13. The molecule has 3 nitrogen and oxygen atoms in total. The molecule has 0 fully saturated rings. The number of fused-ring (bicyclic) bond motifs is 1. The first-order chi connectivity index (χ1) is 8.93.